The second-order valence-corrected chi connectivity index (χ2v) is 4.33. The molecule has 0 amide bonds. The van der Waals surface area contributed by atoms with Crippen LogP contribution in [-0.2, 0) is 0 Å². The summed E-state index contributed by atoms with van der Waals surface area (Å²) >= 11 is 9.41. The molecule has 0 fully saturated rings. The van der Waals surface area contributed by atoms with E-state index < -0.39 is 0 Å². The molecule has 76 valence electrons. The van der Waals surface area contributed by atoms with Crippen molar-refractivity contribution in [3.05, 3.63) is 46.0 Å². The molecule has 0 aliphatic rings. The maximum atomic E-state index is 6.08. The predicted octanol–water partition coefficient (Wildman–Crippen LogP) is 3.75. The molecule has 2 rings (SSSR count). The van der Waals surface area contributed by atoms with Crippen LogP contribution in [0.25, 0.3) is 11.1 Å². The lowest BCUT2D eigenvalue weighted by Crippen LogP contribution is -1.91. The Morgan fingerprint density at radius 3 is 2.67 bits per heavy atom. The largest absolute Gasteiger partial charge is 0.383 e. The number of nitrogens with two attached hydrogens (primary N) is 1. The predicted molar refractivity (Wildman–Crippen MR) is 66.8 cm³/mol. The number of nitrogens with zero attached hydrogens (tertiary/aromatic N) is 1. The molecule has 0 aliphatic heterocycles. The van der Waals surface area contributed by atoms with Crippen LogP contribution >= 0.6 is 27.5 Å². The average Bonchev–Trinajstić information content (AvgIpc) is 2.23. The van der Waals surface area contributed by atoms with Gasteiger partial charge in [-0.05, 0) is 28.1 Å². The minimum atomic E-state index is 0.478. The second-order valence-electron chi connectivity index (χ2n) is 3.07. The molecule has 2 aromatic rings. The Morgan fingerprint density at radius 2 is 2.00 bits per heavy atom. The van der Waals surface area contributed by atoms with E-state index in [1.807, 2.05) is 30.3 Å². The molecule has 1 heterocycles. The topological polar surface area (TPSA) is 38.9 Å². The fourth-order valence-corrected chi connectivity index (χ4v) is 1.88. The Hall–Kier alpha value is -1.06. The van der Waals surface area contributed by atoms with E-state index in [2.05, 4.69) is 20.9 Å². The van der Waals surface area contributed by atoms with Gasteiger partial charge in [0.1, 0.15) is 5.82 Å². The van der Waals surface area contributed by atoms with Gasteiger partial charge in [-0.1, -0.05) is 29.8 Å². The summed E-state index contributed by atoms with van der Waals surface area (Å²) in [6.07, 6.45) is 1.71. The lowest BCUT2D eigenvalue weighted by atomic mass is 10.1. The number of hydrogen-bond donors (Lipinski definition) is 1. The Kier molecular flexibility index (Phi) is 2.93. The number of aromatic nitrogens is 1. The van der Waals surface area contributed by atoms with Crippen molar-refractivity contribution in [3.8, 4) is 11.1 Å². The van der Waals surface area contributed by atoms with Gasteiger partial charge in [-0.25, -0.2) is 4.98 Å². The molecule has 1 aromatic carbocycles. The Balaban J connectivity index is 2.55. The van der Waals surface area contributed by atoms with Crippen LogP contribution in [0.3, 0.4) is 0 Å². The minimum Gasteiger partial charge on any atom is -0.383 e. The molecule has 4 heteroatoms. The number of hydrogen-bond acceptors (Lipinski definition) is 2. The van der Waals surface area contributed by atoms with Gasteiger partial charge in [-0.15, -0.1) is 0 Å². The van der Waals surface area contributed by atoms with Crippen LogP contribution in [0.2, 0.25) is 5.02 Å². The highest BCUT2D eigenvalue weighted by atomic mass is 79.9. The standard InChI is InChI=1S/C11H8BrClN2/c12-9-5-7(6-15-11(9)14)8-3-1-2-4-10(8)13/h1-6H,(H2,14,15). The number of rotatable bonds is 1. The molecule has 0 bridgehead atoms. The van der Waals surface area contributed by atoms with Gasteiger partial charge in [0.25, 0.3) is 0 Å². The summed E-state index contributed by atoms with van der Waals surface area (Å²) in [6, 6.07) is 9.53. The summed E-state index contributed by atoms with van der Waals surface area (Å²) in [4.78, 5) is 4.07. The molecule has 0 unspecified atom stereocenters. The molecule has 15 heavy (non-hydrogen) atoms. The van der Waals surface area contributed by atoms with Crippen LogP contribution in [0.1, 0.15) is 0 Å². The van der Waals surface area contributed by atoms with E-state index in [1.54, 1.807) is 6.20 Å². The molecule has 2 N–H and O–H groups in total. The number of benzene rings is 1. The first-order valence-corrected chi connectivity index (χ1v) is 5.51. The summed E-state index contributed by atoms with van der Waals surface area (Å²) in [5.41, 5.74) is 7.51. The van der Waals surface area contributed by atoms with E-state index in [-0.39, 0.29) is 0 Å². The zero-order chi connectivity index (χ0) is 10.8. The monoisotopic (exact) mass is 282 g/mol. The summed E-state index contributed by atoms with van der Waals surface area (Å²) in [5, 5.41) is 0.705. The summed E-state index contributed by atoms with van der Waals surface area (Å²) < 4.78 is 0.778. The minimum absolute atomic E-state index is 0.478. The van der Waals surface area contributed by atoms with E-state index in [0.717, 1.165) is 15.6 Å². The Bertz CT molecular complexity index is 500. The van der Waals surface area contributed by atoms with Gasteiger partial charge in [0, 0.05) is 22.3 Å². The Labute approximate surface area is 101 Å². The van der Waals surface area contributed by atoms with Crippen molar-refractivity contribution in [3.63, 3.8) is 0 Å². The quantitative estimate of drug-likeness (QED) is 0.866. The fraction of sp³-hybridized carbons (Fsp3) is 0. The van der Waals surface area contributed by atoms with Crippen LogP contribution in [0, 0.1) is 0 Å². The first-order chi connectivity index (χ1) is 7.18. The maximum Gasteiger partial charge on any atom is 0.137 e. The van der Waals surface area contributed by atoms with Crippen LogP contribution in [-0.4, -0.2) is 4.98 Å². The van der Waals surface area contributed by atoms with Crippen LogP contribution < -0.4 is 5.73 Å². The van der Waals surface area contributed by atoms with E-state index in [4.69, 9.17) is 17.3 Å². The van der Waals surface area contributed by atoms with Gasteiger partial charge in [0.15, 0.2) is 0 Å². The highest BCUT2D eigenvalue weighted by molar-refractivity contribution is 9.10. The zero-order valence-electron chi connectivity index (χ0n) is 7.74. The molecule has 1 aromatic heterocycles. The van der Waals surface area contributed by atoms with E-state index in [0.29, 0.717) is 10.8 Å². The van der Waals surface area contributed by atoms with Crippen LogP contribution in [0.15, 0.2) is 41.0 Å². The number of anilines is 1. The second kappa shape index (κ2) is 4.21. The van der Waals surface area contributed by atoms with E-state index in [1.165, 1.54) is 0 Å². The first kappa shape index (κ1) is 10.5. The highest BCUT2D eigenvalue weighted by Crippen LogP contribution is 2.30. The zero-order valence-corrected chi connectivity index (χ0v) is 10.1. The SMILES string of the molecule is Nc1ncc(-c2ccccc2Cl)cc1Br. The number of halogens is 2. The summed E-state index contributed by atoms with van der Waals surface area (Å²) in [6.45, 7) is 0. The van der Waals surface area contributed by atoms with Crippen molar-refractivity contribution in [2.24, 2.45) is 0 Å². The maximum absolute atomic E-state index is 6.08. The van der Waals surface area contributed by atoms with Crippen molar-refractivity contribution in [2.75, 3.05) is 5.73 Å². The fourth-order valence-electron chi connectivity index (χ4n) is 1.29. The van der Waals surface area contributed by atoms with Gasteiger partial charge in [-0.2, -0.15) is 0 Å². The summed E-state index contributed by atoms with van der Waals surface area (Å²) in [7, 11) is 0. The van der Waals surface area contributed by atoms with Crippen molar-refractivity contribution >= 4 is 33.3 Å². The molecule has 0 radical (unpaired) electrons. The number of pyridine rings is 1. The third kappa shape index (κ3) is 2.13. The lowest BCUT2D eigenvalue weighted by molar-refractivity contribution is 1.32. The van der Waals surface area contributed by atoms with Gasteiger partial charge in [0.2, 0.25) is 0 Å². The smallest absolute Gasteiger partial charge is 0.137 e. The molecular formula is C11H8BrClN2. The normalized spacial score (nSPS) is 10.3. The first-order valence-electron chi connectivity index (χ1n) is 4.34. The number of nitrogen functional groups attached to an aromatic ring is 1. The Morgan fingerprint density at radius 1 is 1.27 bits per heavy atom. The van der Waals surface area contributed by atoms with Gasteiger partial charge < -0.3 is 5.73 Å². The van der Waals surface area contributed by atoms with Crippen molar-refractivity contribution in [1.82, 2.24) is 4.98 Å². The van der Waals surface area contributed by atoms with Crippen molar-refractivity contribution in [2.45, 2.75) is 0 Å². The van der Waals surface area contributed by atoms with E-state index in [9.17, 15) is 0 Å². The molecule has 0 aliphatic carbocycles. The van der Waals surface area contributed by atoms with E-state index >= 15 is 0 Å². The van der Waals surface area contributed by atoms with Gasteiger partial charge >= 0.3 is 0 Å². The van der Waals surface area contributed by atoms with Crippen LogP contribution in [0.5, 0.6) is 0 Å². The molecule has 0 saturated heterocycles. The van der Waals surface area contributed by atoms with Crippen molar-refractivity contribution in [1.29, 1.82) is 0 Å². The highest BCUT2D eigenvalue weighted by Gasteiger charge is 2.05. The molecule has 2 nitrogen and oxygen atoms in total. The van der Waals surface area contributed by atoms with Gasteiger partial charge in [-0.3, -0.25) is 0 Å². The third-order valence-corrected chi connectivity index (χ3v) is 3.02. The molecule has 0 saturated carbocycles. The average molecular weight is 284 g/mol. The van der Waals surface area contributed by atoms with Crippen molar-refractivity contribution < 1.29 is 0 Å². The van der Waals surface area contributed by atoms with Crippen LogP contribution in [0.4, 0.5) is 5.82 Å². The summed E-state index contributed by atoms with van der Waals surface area (Å²) in [5.74, 6) is 0.478. The third-order valence-electron chi connectivity index (χ3n) is 2.05. The molecule has 0 spiro atoms. The molecular weight excluding hydrogens is 275 g/mol. The lowest BCUT2D eigenvalue weighted by Gasteiger charge is -2.05. The molecule has 0 atom stereocenters. The van der Waals surface area contributed by atoms with Gasteiger partial charge in [0.05, 0.1) is 4.47 Å².